The first-order valence-corrected chi connectivity index (χ1v) is 5.31. The number of carbonyl (C=O) groups is 1. The summed E-state index contributed by atoms with van der Waals surface area (Å²) in [6.45, 7) is 2.15. The molecule has 0 bridgehead atoms. The van der Waals surface area contributed by atoms with Gasteiger partial charge in [0, 0.05) is 6.08 Å². The summed E-state index contributed by atoms with van der Waals surface area (Å²) in [5.74, 6) is -0.345. The van der Waals surface area contributed by atoms with Gasteiger partial charge in [-0.3, -0.25) is 0 Å². The van der Waals surface area contributed by atoms with Gasteiger partial charge in [-0.15, -0.1) is 0 Å². The van der Waals surface area contributed by atoms with E-state index in [1.807, 2.05) is 0 Å². The van der Waals surface area contributed by atoms with Crippen molar-refractivity contribution >= 4 is 5.97 Å². The lowest BCUT2D eigenvalue weighted by Crippen LogP contribution is -2.25. The number of aliphatic hydroxyl groups excluding tert-OH is 1. The van der Waals surface area contributed by atoms with E-state index in [4.69, 9.17) is 4.74 Å². The highest BCUT2D eigenvalue weighted by Gasteiger charge is 2.23. The topological polar surface area (TPSA) is 46.5 Å². The number of rotatable bonds is 6. The number of esters is 1. The molecule has 3 heteroatoms. The number of carbonyl (C=O) groups excluding carboxylic acids is 1. The summed E-state index contributed by atoms with van der Waals surface area (Å²) in [4.78, 5) is 10.7. The van der Waals surface area contributed by atoms with Crippen LogP contribution in [0.3, 0.4) is 0 Å². The molecule has 1 heterocycles. The number of hydrogen-bond donors (Lipinski definition) is 1. The summed E-state index contributed by atoms with van der Waals surface area (Å²) in [6.07, 6.45) is 7.30. The second kappa shape index (κ2) is 5.81. The summed E-state index contributed by atoms with van der Waals surface area (Å²) in [5, 5.41) is 9.64. The smallest absolute Gasteiger partial charge is 0.331 e. The highest BCUT2D eigenvalue weighted by Crippen LogP contribution is 2.15. The van der Waals surface area contributed by atoms with Crippen molar-refractivity contribution in [2.24, 2.45) is 0 Å². The maximum atomic E-state index is 10.7. The molecule has 2 atom stereocenters. The van der Waals surface area contributed by atoms with Crippen molar-refractivity contribution < 1.29 is 14.6 Å². The Labute approximate surface area is 84.8 Å². The highest BCUT2D eigenvalue weighted by atomic mass is 16.6. The number of aliphatic hydroxyl groups is 1. The van der Waals surface area contributed by atoms with Gasteiger partial charge in [-0.25, -0.2) is 4.79 Å². The standard InChI is InChI=1S/C11H18O3/c1-2-3-4-5-6-9(12)10-7-8-11(13)14-10/h7-10,12H,2-6H2,1H3. The SMILES string of the molecule is CCCCCCC(O)C1C=CC(=O)O1. The van der Waals surface area contributed by atoms with Crippen LogP contribution >= 0.6 is 0 Å². The molecular formula is C11H18O3. The molecule has 0 spiro atoms. The summed E-state index contributed by atoms with van der Waals surface area (Å²) < 4.78 is 4.88. The van der Waals surface area contributed by atoms with E-state index in [0.29, 0.717) is 6.42 Å². The highest BCUT2D eigenvalue weighted by molar-refractivity contribution is 5.84. The van der Waals surface area contributed by atoms with E-state index in [1.165, 1.54) is 18.9 Å². The molecule has 0 aliphatic carbocycles. The maximum absolute atomic E-state index is 10.7. The molecule has 0 radical (unpaired) electrons. The fourth-order valence-corrected chi connectivity index (χ4v) is 1.54. The van der Waals surface area contributed by atoms with Crippen LogP contribution in [0, 0.1) is 0 Å². The van der Waals surface area contributed by atoms with Crippen molar-refractivity contribution in [3.05, 3.63) is 12.2 Å². The van der Waals surface area contributed by atoms with Gasteiger partial charge in [0.05, 0.1) is 6.10 Å². The molecule has 1 N–H and O–H groups in total. The Morgan fingerprint density at radius 2 is 2.29 bits per heavy atom. The molecule has 0 saturated heterocycles. The van der Waals surface area contributed by atoms with Crippen molar-refractivity contribution in [3.8, 4) is 0 Å². The number of hydrogen-bond acceptors (Lipinski definition) is 3. The van der Waals surface area contributed by atoms with Gasteiger partial charge in [0.1, 0.15) is 6.10 Å². The normalized spacial score (nSPS) is 22.4. The second-order valence-corrected chi connectivity index (χ2v) is 3.68. The zero-order chi connectivity index (χ0) is 10.4. The lowest BCUT2D eigenvalue weighted by molar-refractivity contribution is -0.142. The Morgan fingerprint density at radius 3 is 2.86 bits per heavy atom. The van der Waals surface area contributed by atoms with Crippen molar-refractivity contribution in [2.45, 2.75) is 51.2 Å². The van der Waals surface area contributed by atoms with Gasteiger partial charge in [0.25, 0.3) is 0 Å². The first kappa shape index (κ1) is 11.2. The van der Waals surface area contributed by atoms with E-state index in [2.05, 4.69) is 6.92 Å². The molecule has 3 nitrogen and oxygen atoms in total. The third-order valence-electron chi connectivity index (χ3n) is 2.41. The molecule has 0 aromatic carbocycles. The van der Waals surface area contributed by atoms with Crippen LogP contribution in [0.5, 0.6) is 0 Å². The molecule has 0 saturated carbocycles. The minimum absolute atomic E-state index is 0.345. The number of ether oxygens (including phenoxy) is 1. The molecule has 0 amide bonds. The average Bonchev–Trinajstić information content (AvgIpc) is 2.59. The van der Waals surface area contributed by atoms with Crippen LogP contribution in [0.1, 0.15) is 39.0 Å². The van der Waals surface area contributed by atoms with Crippen LogP contribution in [-0.4, -0.2) is 23.3 Å². The van der Waals surface area contributed by atoms with Crippen LogP contribution in [0.2, 0.25) is 0 Å². The van der Waals surface area contributed by atoms with E-state index in [9.17, 15) is 9.90 Å². The molecule has 0 aromatic rings. The number of cyclic esters (lactones) is 1. The molecule has 1 aliphatic heterocycles. The third-order valence-corrected chi connectivity index (χ3v) is 2.41. The zero-order valence-electron chi connectivity index (χ0n) is 8.61. The van der Waals surface area contributed by atoms with E-state index < -0.39 is 12.2 Å². The predicted octanol–water partition coefficient (Wildman–Crippen LogP) is 1.80. The van der Waals surface area contributed by atoms with Crippen LogP contribution in [0.15, 0.2) is 12.2 Å². The maximum Gasteiger partial charge on any atom is 0.331 e. The largest absolute Gasteiger partial charge is 0.452 e. The molecule has 80 valence electrons. The molecule has 14 heavy (non-hydrogen) atoms. The lowest BCUT2D eigenvalue weighted by Gasteiger charge is -2.15. The first-order valence-electron chi connectivity index (χ1n) is 5.31. The van der Waals surface area contributed by atoms with Crippen molar-refractivity contribution in [2.75, 3.05) is 0 Å². The summed E-state index contributed by atoms with van der Waals surface area (Å²) in [6, 6.07) is 0. The quantitative estimate of drug-likeness (QED) is 0.523. The number of unbranched alkanes of at least 4 members (excludes halogenated alkanes) is 3. The fraction of sp³-hybridized carbons (Fsp3) is 0.727. The van der Waals surface area contributed by atoms with Crippen molar-refractivity contribution in [3.63, 3.8) is 0 Å². The van der Waals surface area contributed by atoms with E-state index in [0.717, 1.165) is 12.8 Å². The Morgan fingerprint density at radius 1 is 1.50 bits per heavy atom. The molecule has 0 fully saturated rings. The Balaban J connectivity index is 2.12. The van der Waals surface area contributed by atoms with Crippen LogP contribution < -0.4 is 0 Å². The van der Waals surface area contributed by atoms with Gasteiger partial charge in [0.15, 0.2) is 0 Å². The van der Waals surface area contributed by atoms with Gasteiger partial charge >= 0.3 is 5.97 Å². The van der Waals surface area contributed by atoms with Crippen molar-refractivity contribution in [1.29, 1.82) is 0 Å². The summed E-state index contributed by atoms with van der Waals surface area (Å²) in [5.41, 5.74) is 0. The van der Waals surface area contributed by atoms with Gasteiger partial charge < -0.3 is 9.84 Å². The van der Waals surface area contributed by atoms with Crippen LogP contribution in [0.4, 0.5) is 0 Å². The monoisotopic (exact) mass is 198 g/mol. The summed E-state index contributed by atoms with van der Waals surface area (Å²) in [7, 11) is 0. The average molecular weight is 198 g/mol. The minimum atomic E-state index is -0.533. The van der Waals surface area contributed by atoms with Gasteiger partial charge in [0.2, 0.25) is 0 Å². The molecular weight excluding hydrogens is 180 g/mol. The molecule has 2 unspecified atom stereocenters. The first-order chi connectivity index (χ1) is 6.74. The lowest BCUT2D eigenvalue weighted by atomic mass is 10.1. The molecule has 1 rings (SSSR count). The van der Waals surface area contributed by atoms with Gasteiger partial charge in [-0.05, 0) is 12.5 Å². The summed E-state index contributed by atoms with van der Waals surface area (Å²) >= 11 is 0. The van der Waals surface area contributed by atoms with Crippen LogP contribution in [-0.2, 0) is 9.53 Å². The van der Waals surface area contributed by atoms with Crippen molar-refractivity contribution in [1.82, 2.24) is 0 Å². The van der Waals surface area contributed by atoms with Crippen LogP contribution in [0.25, 0.3) is 0 Å². The second-order valence-electron chi connectivity index (χ2n) is 3.68. The van der Waals surface area contributed by atoms with Gasteiger partial charge in [-0.2, -0.15) is 0 Å². The van der Waals surface area contributed by atoms with E-state index in [-0.39, 0.29) is 5.97 Å². The van der Waals surface area contributed by atoms with Gasteiger partial charge in [-0.1, -0.05) is 32.6 Å². The fourth-order valence-electron chi connectivity index (χ4n) is 1.54. The van der Waals surface area contributed by atoms with E-state index >= 15 is 0 Å². The van der Waals surface area contributed by atoms with E-state index in [1.54, 1.807) is 6.08 Å². The minimum Gasteiger partial charge on any atom is -0.452 e. The Hall–Kier alpha value is -0.830. The third kappa shape index (κ3) is 3.50. The Kier molecular flexibility index (Phi) is 4.66. The zero-order valence-corrected chi connectivity index (χ0v) is 8.61. The predicted molar refractivity (Wildman–Crippen MR) is 53.8 cm³/mol. The Bertz CT molecular complexity index is 211. The molecule has 0 aromatic heterocycles. The molecule has 1 aliphatic rings.